The van der Waals surface area contributed by atoms with Crippen LogP contribution in [0.15, 0.2) is 59.6 Å². The highest BCUT2D eigenvalue weighted by molar-refractivity contribution is 5.83. The summed E-state index contributed by atoms with van der Waals surface area (Å²) in [6.45, 7) is 6.20. The van der Waals surface area contributed by atoms with Gasteiger partial charge in [0, 0.05) is 12.3 Å². The summed E-state index contributed by atoms with van der Waals surface area (Å²) >= 11 is 0. The average molecular weight is 435 g/mol. The van der Waals surface area contributed by atoms with E-state index in [0.717, 1.165) is 28.9 Å². The van der Waals surface area contributed by atoms with Crippen molar-refractivity contribution in [3.8, 4) is 17.2 Å². The summed E-state index contributed by atoms with van der Waals surface area (Å²) in [5, 5.41) is 22.3. The van der Waals surface area contributed by atoms with Crippen LogP contribution in [0, 0.1) is 34.1 Å². The molecule has 0 saturated carbocycles. The average Bonchev–Trinajstić information content (AvgIpc) is 2.76. The van der Waals surface area contributed by atoms with Gasteiger partial charge in [0.1, 0.15) is 0 Å². The van der Waals surface area contributed by atoms with Gasteiger partial charge < -0.3 is 9.47 Å². The number of nitro benzene ring substituents is 2. The van der Waals surface area contributed by atoms with E-state index < -0.39 is 21.2 Å². The zero-order chi connectivity index (χ0) is 23.3. The number of aryl methyl sites for hydroxylation is 2. The van der Waals surface area contributed by atoms with Crippen LogP contribution in [0.3, 0.4) is 0 Å². The van der Waals surface area contributed by atoms with E-state index >= 15 is 0 Å². The smallest absolute Gasteiger partial charge is 0.318 e. The van der Waals surface area contributed by atoms with Crippen LogP contribution in [0.5, 0.6) is 17.2 Å². The summed E-state index contributed by atoms with van der Waals surface area (Å²) < 4.78 is 11.3. The molecule has 164 valence electrons. The number of rotatable bonds is 8. The Morgan fingerprint density at radius 2 is 1.62 bits per heavy atom. The Morgan fingerprint density at radius 3 is 2.28 bits per heavy atom. The molecule has 9 heteroatoms. The molecule has 0 unspecified atom stereocenters. The Bertz CT molecular complexity index is 1210. The van der Waals surface area contributed by atoms with Crippen LogP contribution in [0.1, 0.15) is 23.6 Å². The first kappa shape index (κ1) is 22.4. The Hall–Kier alpha value is -4.27. The van der Waals surface area contributed by atoms with Gasteiger partial charge in [-0.05, 0) is 73.9 Å². The molecule has 0 radical (unpaired) electrons. The van der Waals surface area contributed by atoms with Gasteiger partial charge in [-0.15, -0.1) is 0 Å². The molecule has 0 N–H and O–H groups in total. The molecule has 0 bridgehead atoms. The zero-order valence-corrected chi connectivity index (χ0v) is 17.8. The van der Waals surface area contributed by atoms with Gasteiger partial charge in [-0.1, -0.05) is 6.07 Å². The number of ether oxygens (including phenoxy) is 2. The molecule has 0 aromatic heterocycles. The topological polar surface area (TPSA) is 117 Å². The van der Waals surface area contributed by atoms with Crippen LogP contribution in [-0.2, 0) is 0 Å². The first-order valence-corrected chi connectivity index (χ1v) is 9.77. The van der Waals surface area contributed by atoms with E-state index in [4.69, 9.17) is 9.47 Å². The summed E-state index contributed by atoms with van der Waals surface area (Å²) in [5.41, 5.74) is 2.98. The molecular formula is C23H21N3O6. The van der Waals surface area contributed by atoms with E-state index in [0.29, 0.717) is 12.4 Å². The molecule has 0 aliphatic carbocycles. The summed E-state index contributed by atoms with van der Waals surface area (Å²) in [6.07, 6.45) is 1.69. The van der Waals surface area contributed by atoms with Crippen LogP contribution in [0.4, 0.5) is 17.1 Å². The van der Waals surface area contributed by atoms with Crippen LogP contribution >= 0.6 is 0 Å². The summed E-state index contributed by atoms with van der Waals surface area (Å²) in [6, 6.07) is 14.2. The first-order valence-electron chi connectivity index (χ1n) is 9.77. The molecule has 0 spiro atoms. The molecular weight excluding hydrogens is 414 g/mol. The largest absolute Gasteiger partial charge is 0.490 e. The minimum absolute atomic E-state index is 0.127. The van der Waals surface area contributed by atoms with E-state index in [9.17, 15) is 20.2 Å². The predicted octanol–water partition coefficient (Wildman–Crippen LogP) is 6.06. The minimum atomic E-state index is -0.729. The molecule has 0 saturated heterocycles. The molecule has 0 heterocycles. The normalized spacial score (nSPS) is 10.8. The lowest BCUT2D eigenvalue weighted by atomic mass is 10.1. The second kappa shape index (κ2) is 9.69. The molecule has 0 fully saturated rings. The quantitative estimate of drug-likeness (QED) is 0.241. The maximum Gasteiger partial charge on any atom is 0.318 e. The Morgan fingerprint density at radius 1 is 0.875 bits per heavy atom. The Kier molecular flexibility index (Phi) is 6.79. The van der Waals surface area contributed by atoms with Crippen molar-refractivity contribution >= 4 is 23.3 Å². The Labute approximate surface area is 184 Å². The minimum Gasteiger partial charge on any atom is -0.490 e. The van der Waals surface area contributed by atoms with Gasteiger partial charge in [-0.2, -0.15) is 0 Å². The van der Waals surface area contributed by atoms with Crippen LogP contribution in [0.2, 0.25) is 0 Å². The van der Waals surface area contributed by atoms with E-state index in [2.05, 4.69) is 4.99 Å². The van der Waals surface area contributed by atoms with Gasteiger partial charge in [-0.25, -0.2) is 0 Å². The summed E-state index contributed by atoms with van der Waals surface area (Å²) in [5.74, 6) is 0.481. The molecule has 32 heavy (non-hydrogen) atoms. The third-order valence-electron chi connectivity index (χ3n) is 4.69. The summed E-state index contributed by atoms with van der Waals surface area (Å²) in [7, 11) is 0. The van der Waals surface area contributed by atoms with Gasteiger partial charge in [0.15, 0.2) is 11.5 Å². The number of nitro groups is 2. The number of non-ortho nitro benzene ring substituents is 1. The van der Waals surface area contributed by atoms with E-state index in [1.165, 1.54) is 11.6 Å². The SMILES string of the molecule is CCOc1cc(C=Nc2ccc(C)c(C)c2)ccc1Oc1ccc([N+](=O)[O-])cc1[N+](=O)[O-]. The molecule has 0 atom stereocenters. The van der Waals surface area contributed by atoms with Gasteiger partial charge in [0.25, 0.3) is 5.69 Å². The fourth-order valence-corrected chi connectivity index (χ4v) is 2.88. The highest BCUT2D eigenvalue weighted by atomic mass is 16.6. The number of benzene rings is 3. The molecule has 0 aliphatic heterocycles. The second-order valence-electron chi connectivity index (χ2n) is 6.93. The van der Waals surface area contributed by atoms with Crippen molar-refractivity contribution in [2.24, 2.45) is 4.99 Å². The molecule has 3 aromatic rings. The maximum atomic E-state index is 11.4. The number of hydrogen-bond donors (Lipinski definition) is 0. The van der Waals surface area contributed by atoms with Crippen molar-refractivity contribution in [3.63, 3.8) is 0 Å². The van der Waals surface area contributed by atoms with Crippen LogP contribution in [0.25, 0.3) is 0 Å². The second-order valence-corrected chi connectivity index (χ2v) is 6.93. The lowest BCUT2D eigenvalue weighted by Crippen LogP contribution is -1.99. The third-order valence-corrected chi connectivity index (χ3v) is 4.69. The van der Waals surface area contributed by atoms with Gasteiger partial charge in [-0.3, -0.25) is 25.2 Å². The number of nitrogens with zero attached hydrogens (tertiary/aromatic N) is 3. The van der Waals surface area contributed by atoms with Crippen molar-refractivity contribution in [3.05, 3.63) is 91.5 Å². The van der Waals surface area contributed by atoms with Crippen molar-refractivity contribution in [1.29, 1.82) is 0 Å². The van der Waals surface area contributed by atoms with Crippen molar-refractivity contribution < 1.29 is 19.3 Å². The monoisotopic (exact) mass is 435 g/mol. The zero-order valence-electron chi connectivity index (χ0n) is 17.8. The standard InChI is InChI=1S/C23H21N3O6/c1-4-31-23-12-17(14-24-18-7-5-15(2)16(3)11-18)6-9-22(23)32-21-10-8-19(25(27)28)13-20(21)26(29)30/h5-14H,4H2,1-3H3. The lowest BCUT2D eigenvalue weighted by Gasteiger charge is -2.12. The first-order chi connectivity index (χ1) is 15.3. The number of hydrogen-bond acceptors (Lipinski definition) is 7. The van der Waals surface area contributed by atoms with Crippen molar-refractivity contribution in [1.82, 2.24) is 0 Å². The third kappa shape index (κ3) is 5.25. The molecule has 0 aliphatic rings. The van der Waals surface area contributed by atoms with Gasteiger partial charge >= 0.3 is 5.69 Å². The summed E-state index contributed by atoms with van der Waals surface area (Å²) in [4.78, 5) is 25.4. The number of aliphatic imine (C=N–C) groups is 1. The fourth-order valence-electron chi connectivity index (χ4n) is 2.88. The van der Waals surface area contributed by atoms with E-state index in [1.807, 2.05) is 32.0 Å². The maximum absolute atomic E-state index is 11.4. The lowest BCUT2D eigenvalue weighted by molar-refractivity contribution is -0.394. The van der Waals surface area contributed by atoms with Crippen molar-refractivity contribution in [2.45, 2.75) is 20.8 Å². The van der Waals surface area contributed by atoms with Crippen LogP contribution in [-0.4, -0.2) is 22.7 Å². The highest BCUT2D eigenvalue weighted by Gasteiger charge is 2.22. The van der Waals surface area contributed by atoms with Gasteiger partial charge in [0.2, 0.25) is 5.75 Å². The highest BCUT2D eigenvalue weighted by Crippen LogP contribution is 2.38. The van der Waals surface area contributed by atoms with Gasteiger partial charge in [0.05, 0.1) is 28.2 Å². The molecule has 9 nitrogen and oxygen atoms in total. The fraction of sp³-hybridized carbons (Fsp3) is 0.174. The van der Waals surface area contributed by atoms with Crippen LogP contribution < -0.4 is 9.47 Å². The Balaban J connectivity index is 1.91. The van der Waals surface area contributed by atoms with Crippen molar-refractivity contribution in [2.75, 3.05) is 6.61 Å². The molecule has 3 rings (SSSR count). The molecule has 0 amide bonds. The van der Waals surface area contributed by atoms with E-state index in [-0.39, 0.29) is 11.5 Å². The predicted molar refractivity (Wildman–Crippen MR) is 121 cm³/mol. The van der Waals surface area contributed by atoms with E-state index in [1.54, 1.807) is 31.3 Å². The molecule has 3 aromatic carbocycles.